The molecule has 2 rings (SSSR count). The van der Waals surface area contributed by atoms with E-state index in [4.69, 9.17) is 0 Å². The van der Waals surface area contributed by atoms with E-state index >= 15 is 0 Å². The molecule has 0 aromatic heterocycles. The number of carbonyl (C=O) groups excluding carboxylic acids is 1. The molecule has 0 bridgehead atoms. The van der Waals surface area contributed by atoms with Gasteiger partial charge in [0.2, 0.25) is 5.91 Å². The molecular weight excluding hydrogens is 284 g/mol. The van der Waals surface area contributed by atoms with Gasteiger partial charge in [0.25, 0.3) is 0 Å². The summed E-state index contributed by atoms with van der Waals surface area (Å²) in [5.41, 5.74) is 0. The average Bonchev–Trinajstić information content (AvgIpc) is 3.24. The summed E-state index contributed by atoms with van der Waals surface area (Å²) in [5.74, 6) is -1.07. The zero-order valence-electron chi connectivity index (χ0n) is 10.9. The molecule has 1 atom stereocenters. The predicted octanol–water partition coefficient (Wildman–Crippen LogP) is 2.33. The van der Waals surface area contributed by atoms with Gasteiger partial charge in [0.1, 0.15) is 0 Å². The summed E-state index contributed by atoms with van der Waals surface area (Å²) in [6.07, 6.45) is 1.89. The number of nitrogens with one attached hydrogen (secondary N) is 1. The molecule has 0 heterocycles. The van der Waals surface area contributed by atoms with Crippen LogP contribution >= 0.6 is 11.8 Å². The Hall–Kier alpha value is -1.14. The first kappa shape index (κ1) is 15.3. The summed E-state index contributed by atoms with van der Waals surface area (Å²) >= 11 is 1.29. The third kappa shape index (κ3) is 4.76. The SMILES string of the molecule is O=C(CCSc1ccc(F)c(F)c1)NCC(O)C1CC1. The van der Waals surface area contributed by atoms with Crippen LogP contribution in [0.4, 0.5) is 8.78 Å². The van der Waals surface area contributed by atoms with Crippen LogP contribution in [-0.2, 0) is 4.79 Å². The Labute approximate surface area is 120 Å². The van der Waals surface area contributed by atoms with Gasteiger partial charge in [-0.25, -0.2) is 8.78 Å². The summed E-state index contributed by atoms with van der Waals surface area (Å²) in [5, 5.41) is 12.3. The first-order chi connectivity index (χ1) is 9.56. The van der Waals surface area contributed by atoms with Gasteiger partial charge in [-0.3, -0.25) is 4.79 Å². The van der Waals surface area contributed by atoms with Gasteiger partial charge in [-0.1, -0.05) is 0 Å². The second-order valence-electron chi connectivity index (χ2n) is 4.88. The number of hydrogen-bond acceptors (Lipinski definition) is 3. The van der Waals surface area contributed by atoms with Gasteiger partial charge in [-0.2, -0.15) is 0 Å². The maximum atomic E-state index is 13.0. The van der Waals surface area contributed by atoms with E-state index in [9.17, 15) is 18.7 Å². The molecule has 3 nitrogen and oxygen atoms in total. The Morgan fingerprint density at radius 2 is 2.15 bits per heavy atom. The van der Waals surface area contributed by atoms with Crippen molar-refractivity contribution >= 4 is 17.7 Å². The minimum atomic E-state index is -0.882. The van der Waals surface area contributed by atoms with E-state index in [-0.39, 0.29) is 12.3 Å². The fraction of sp³-hybridized carbons (Fsp3) is 0.500. The molecule has 0 radical (unpaired) electrons. The Morgan fingerprint density at radius 3 is 2.80 bits per heavy atom. The van der Waals surface area contributed by atoms with Gasteiger partial charge in [0.15, 0.2) is 11.6 Å². The number of benzene rings is 1. The molecule has 1 saturated carbocycles. The zero-order valence-corrected chi connectivity index (χ0v) is 11.8. The lowest BCUT2D eigenvalue weighted by Crippen LogP contribution is -2.33. The molecule has 1 unspecified atom stereocenters. The molecule has 20 heavy (non-hydrogen) atoms. The zero-order chi connectivity index (χ0) is 14.5. The van der Waals surface area contributed by atoms with Crippen molar-refractivity contribution < 1.29 is 18.7 Å². The van der Waals surface area contributed by atoms with Gasteiger partial charge in [-0.05, 0) is 37.0 Å². The highest BCUT2D eigenvalue weighted by Gasteiger charge is 2.29. The van der Waals surface area contributed by atoms with E-state index in [1.54, 1.807) is 0 Å². The van der Waals surface area contributed by atoms with Gasteiger partial charge in [0, 0.05) is 23.6 Å². The first-order valence-electron chi connectivity index (χ1n) is 6.59. The van der Waals surface area contributed by atoms with Crippen molar-refractivity contribution in [3.63, 3.8) is 0 Å². The lowest BCUT2D eigenvalue weighted by Gasteiger charge is -2.10. The van der Waals surface area contributed by atoms with Crippen molar-refractivity contribution in [3.05, 3.63) is 29.8 Å². The third-order valence-electron chi connectivity index (χ3n) is 3.16. The molecule has 6 heteroatoms. The van der Waals surface area contributed by atoms with Crippen molar-refractivity contribution in [2.24, 2.45) is 5.92 Å². The van der Waals surface area contributed by atoms with Crippen LogP contribution in [0.25, 0.3) is 0 Å². The monoisotopic (exact) mass is 301 g/mol. The van der Waals surface area contributed by atoms with Gasteiger partial charge in [0.05, 0.1) is 6.10 Å². The number of rotatable bonds is 7. The van der Waals surface area contributed by atoms with Crippen molar-refractivity contribution in [3.8, 4) is 0 Å². The number of aliphatic hydroxyl groups excluding tert-OH is 1. The Morgan fingerprint density at radius 1 is 1.40 bits per heavy atom. The first-order valence-corrected chi connectivity index (χ1v) is 7.57. The minimum absolute atomic E-state index is 0.139. The van der Waals surface area contributed by atoms with Gasteiger partial charge < -0.3 is 10.4 Å². The predicted molar refractivity (Wildman–Crippen MR) is 73.4 cm³/mol. The Kier molecular flexibility index (Phi) is 5.37. The van der Waals surface area contributed by atoms with E-state index < -0.39 is 17.7 Å². The second kappa shape index (κ2) is 7.04. The van der Waals surface area contributed by atoms with E-state index in [1.165, 1.54) is 17.8 Å². The van der Waals surface area contributed by atoms with Gasteiger partial charge in [-0.15, -0.1) is 11.8 Å². The summed E-state index contributed by atoms with van der Waals surface area (Å²) < 4.78 is 25.7. The summed E-state index contributed by atoms with van der Waals surface area (Å²) in [6.45, 7) is 0.291. The number of halogens is 2. The van der Waals surface area contributed by atoms with Crippen LogP contribution in [0.15, 0.2) is 23.1 Å². The molecule has 0 saturated heterocycles. The molecule has 2 N–H and O–H groups in total. The van der Waals surface area contributed by atoms with E-state index in [0.29, 0.717) is 23.1 Å². The van der Waals surface area contributed by atoms with Crippen LogP contribution in [-0.4, -0.2) is 29.4 Å². The average molecular weight is 301 g/mol. The number of aliphatic hydroxyl groups is 1. The molecule has 1 aromatic rings. The lowest BCUT2D eigenvalue weighted by molar-refractivity contribution is -0.121. The molecule has 0 aliphatic heterocycles. The van der Waals surface area contributed by atoms with Crippen LogP contribution in [0.5, 0.6) is 0 Å². The quantitative estimate of drug-likeness (QED) is 0.760. The molecule has 1 amide bonds. The van der Waals surface area contributed by atoms with Crippen LogP contribution in [0, 0.1) is 17.6 Å². The molecule has 0 spiro atoms. The fourth-order valence-electron chi connectivity index (χ4n) is 1.78. The summed E-state index contributed by atoms with van der Waals surface area (Å²) in [6, 6.07) is 3.68. The van der Waals surface area contributed by atoms with Crippen molar-refractivity contribution in [1.29, 1.82) is 0 Å². The number of carbonyl (C=O) groups is 1. The summed E-state index contributed by atoms with van der Waals surface area (Å²) in [7, 11) is 0. The second-order valence-corrected chi connectivity index (χ2v) is 6.05. The van der Waals surface area contributed by atoms with Crippen LogP contribution in [0.3, 0.4) is 0 Å². The van der Waals surface area contributed by atoms with E-state index in [0.717, 1.165) is 25.0 Å². The number of thioether (sulfide) groups is 1. The van der Waals surface area contributed by atoms with Crippen molar-refractivity contribution in [2.75, 3.05) is 12.3 Å². The molecule has 1 aliphatic carbocycles. The smallest absolute Gasteiger partial charge is 0.220 e. The maximum Gasteiger partial charge on any atom is 0.220 e. The Balaban J connectivity index is 1.64. The minimum Gasteiger partial charge on any atom is -0.391 e. The highest BCUT2D eigenvalue weighted by molar-refractivity contribution is 7.99. The topological polar surface area (TPSA) is 49.3 Å². The molecule has 1 aromatic carbocycles. The van der Waals surface area contributed by atoms with Crippen LogP contribution < -0.4 is 5.32 Å². The highest BCUT2D eigenvalue weighted by Crippen LogP contribution is 2.32. The van der Waals surface area contributed by atoms with Crippen molar-refractivity contribution in [2.45, 2.75) is 30.3 Å². The maximum absolute atomic E-state index is 13.0. The normalized spacial score (nSPS) is 15.9. The molecule has 1 aliphatic rings. The third-order valence-corrected chi connectivity index (χ3v) is 4.16. The van der Waals surface area contributed by atoms with Gasteiger partial charge >= 0.3 is 0 Å². The Bertz CT molecular complexity index is 480. The van der Waals surface area contributed by atoms with Crippen LogP contribution in [0.2, 0.25) is 0 Å². The van der Waals surface area contributed by atoms with Crippen LogP contribution in [0.1, 0.15) is 19.3 Å². The number of hydrogen-bond donors (Lipinski definition) is 2. The van der Waals surface area contributed by atoms with Crippen molar-refractivity contribution in [1.82, 2.24) is 5.32 Å². The standard InChI is InChI=1S/C14H17F2NO2S/c15-11-4-3-10(7-12(11)16)20-6-5-14(19)17-8-13(18)9-1-2-9/h3-4,7,9,13,18H,1-2,5-6,8H2,(H,17,19). The summed E-state index contributed by atoms with van der Waals surface area (Å²) in [4.78, 5) is 12.1. The van der Waals surface area contributed by atoms with E-state index in [1.807, 2.05) is 0 Å². The molecule has 110 valence electrons. The largest absolute Gasteiger partial charge is 0.391 e. The van der Waals surface area contributed by atoms with E-state index in [2.05, 4.69) is 5.32 Å². The lowest BCUT2D eigenvalue weighted by atomic mass is 10.2. The molecular formula is C14H17F2NO2S. The molecule has 1 fully saturated rings. The fourth-order valence-corrected chi connectivity index (χ4v) is 2.66. The highest BCUT2D eigenvalue weighted by atomic mass is 32.2. The number of amides is 1.